The maximum absolute atomic E-state index is 12.1. The molecule has 0 rings (SSSR count). The number of hydrogen-bond donors (Lipinski definition) is 2. The molecule has 0 aromatic heterocycles. The van der Waals surface area contributed by atoms with Crippen molar-refractivity contribution >= 4 is 19.5 Å². The molecular formula is C11H23N2O11P. The van der Waals surface area contributed by atoms with Crippen LogP contribution in [0.25, 0.3) is 0 Å². The van der Waals surface area contributed by atoms with E-state index in [4.69, 9.17) is 21.6 Å². The highest BCUT2D eigenvalue weighted by Gasteiger charge is 2.26. The number of rotatable bonds is 14. The fourth-order valence-electron chi connectivity index (χ4n) is 1.13. The van der Waals surface area contributed by atoms with E-state index in [9.17, 15) is 14.2 Å². The van der Waals surface area contributed by atoms with E-state index in [2.05, 4.69) is 28.5 Å². The first-order chi connectivity index (χ1) is 11.7. The van der Waals surface area contributed by atoms with Crippen molar-refractivity contribution in [3.8, 4) is 0 Å². The van der Waals surface area contributed by atoms with Gasteiger partial charge in [0.2, 0.25) is 0 Å². The Bertz CT molecular complexity index is 414. The normalized spacial score (nSPS) is 15.9. The Labute approximate surface area is 144 Å². The van der Waals surface area contributed by atoms with Gasteiger partial charge in [0.25, 0.3) is 0 Å². The zero-order valence-corrected chi connectivity index (χ0v) is 15.0. The van der Waals surface area contributed by atoms with Gasteiger partial charge in [0, 0.05) is 20.5 Å². The zero-order chi connectivity index (χ0) is 19.3. The van der Waals surface area contributed by atoms with Crippen LogP contribution in [-0.4, -0.2) is 57.2 Å². The lowest BCUT2D eigenvalue weighted by molar-refractivity contribution is -0.312. The third-order valence-corrected chi connectivity index (χ3v) is 2.85. The number of carbonyl (C=O) groups is 2. The van der Waals surface area contributed by atoms with Gasteiger partial charge < -0.3 is 19.1 Å². The molecule has 0 spiro atoms. The predicted molar refractivity (Wildman–Crippen MR) is 79.0 cm³/mol. The molecule has 0 aliphatic rings. The zero-order valence-electron chi connectivity index (χ0n) is 14.1. The lowest BCUT2D eigenvalue weighted by atomic mass is 10.4. The second-order valence-corrected chi connectivity index (χ2v) is 6.47. The Kier molecular flexibility index (Phi) is 12.5. The molecule has 148 valence electrons. The fraction of sp³-hybridized carbons (Fsp3) is 0.818. The molecule has 0 heterocycles. The second kappa shape index (κ2) is 13.1. The molecule has 0 amide bonds. The summed E-state index contributed by atoms with van der Waals surface area (Å²) in [4.78, 5) is 39.8. The van der Waals surface area contributed by atoms with Crippen LogP contribution in [0.15, 0.2) is 0 Å². The van der Waals surface area contributed by atoms with Gasteiger partial charge in [-0.3, -0.25) is 14.2 Å². The van der Waals surface area contributed by atoms with Crippen LogP contribution < -0.4 is 11.8 Å². The molecule has 2 unspecified atom stereocenters. The molecule has 0 fully saturated rings. The van der Waals surface area contributed by atoms with Crippen LogP contribution in [-0.2, 0) is 52.4 Å². The van der Waals surface area contributed by atoms with Crippen LogP contribution in [0.2, 0.25) is 0 Å². The van der Waals surface area contributed by atoms with Gasteiger partial charge in [0.05, 0.1) is 0 Å². The summed E-state index contributed by atoms with van der Waals surface area (Å²) in [5.74, 6) is 8.65. The molecule has 0 aromatic carbocycles. The summed E-state index contributed by atoms with van der Waals surface area (Å²) < 4.78 is 30.7. The lowest BCUT2D eigenvalue weighted by Gasteiger charge is -2.20. The monoisotopic (exact) mass is 390 g/mol. The van der Waals surface area contributed by atoms with Gasteiger partial charge in [-0.05, 0) is 0 Å². The maximum atomic E-state index is 12.1. The van der Waals surface area contributed by atoms with Gasteiger partial charge in [0.15, 0.2) is 12.2 Å². The Morgan fingerprint density at radius 2 is 1.20 bits per heavy atom. The Balaban J connectivity index is 4.39. The van der Waals surface area contributed by atoms with Crippen molar-refractivity contribution in [1.82, 2.24) is 0 Å². The smallest absolute Gasteiger partial charge is 0.381 e. The van der Waals surface area contributed by atoms with Gasteiger partial charge >= 0.3 is 19.5 Å². The molecule has 0 aromatic rings. The minimum absolute atomic E-state index is 0.218. The number of esters is 2. The van der Waals surface area contributed by atoms with E-state index >= 15 is 0 Å². The molecule has 0 aliphatic carbocycles. The molecule has 0 aliphatic heterocycles. The van der Waals surface area contributed by atoms with E-state index < -0.39 is 31.7 Å². The summed E-state index contributed by atoms with van der Waals surface area (Å²) >= 11 is 0. The van der Waals surface area contributed by atoms with Gasteiger partial charge in [-0.15, -0.1) is 9.35 Å². The van der Waals surface area contributed by atoms with E-state index in [1.54, 1.807) is 0 Å². The second-order valence-electron chi connectivity index (χ2n) is 4.63. The van der Waals surface area contributed by atoms with E-state index in [-0.39, 0.29) is 26.4 Å². The molecule has 2 atom stereocenters. The summed E-state index contributed by atoms with van der Waals surface area (Å²) in [6.45, 7) is 2.45. The Morgan fingerprint density at radius 1 is 0.840 bits per heavy atom. The number of hydrogen-bond acceptors (Lipinski definition) is 13. The van der Waals surface area contributed by atoms with Gasteiger partial charge in [-0.25, -0.2) is 21.6 Å². The van der Waals surface area contributed by atoms with Crippen molar-refractivity contribution < 1.29 is 52.4 Å². The summed E-state index contributed by atoms with van der Waals surface area (Å²) in [7, 11) is -3.86. The van der Waals surface area contributed by atoms with Crippen LogP contribution in [0.1, 0.15) is 13.8 Å². The van der Waals surface area contributed by atoms with E-state index in [1.165, 1.54) is 13.8 Å². The molecule has 0 saturated heterocycles. The highest BCUT2D eigenvalue weighted by atomic mass is 31.2. The third-order valence-electron chi connectivity index (χ3n) is 2.14. The summed E-state index contributed by atoms with van der Waals surface area (Å²) in [6, 6.07) is 0. The van der Waals surface area contributed by atoms with Gasteiger partial charge in [-0.1, -0.05) is 0 Å². The van der Waals surface area contributed by atoms with Crippen molar-refractivity contribution in [3.05, 3.63) is 0 Å². The minimum atomic E-state index is -3.86. The van der Waals surface area contributed by atoms with Crippen LogP contribution in [0.4, 0.5) is 0 Å². The van der Waals surface area contributed by atoms with Gasteiger partial charge in [-0.2, -0.15) is 0 Å². The highest BCUT2D eigenvalue weighted by molar-refractivity contribution is 7.52. The average Bonchev–Trinajstić information content (AvgIpc) is 2.52. The quantitative estimate of drug-likeness (QED) is 0.166. The minimum Gasteiger partial charge on any atom is -0.463 e. The van der Waals surface area contributed by atoms with Crippen LogP contribution in [0.3, 0.4) is 0 Å². The van der Waals surface area contributed by atoms with Crippen LogP contribution in [0, 0.1) is 0 Å². The topological polar surface area (TPSA) is 177 Å². The molecule has 13 nitrogen and oxygen atoms in total. The first kappa shape index (κ1) is 23.9. The molecule has 4 N–H and O–H groups in total. The van der Waals surface area contributed by atoms with E-state index in [0.29, 0.717) is 0 Å². The van der Waals surface area contributed by atoms with Crippen LogP contribution >= 0.6 is 7.60 Å². The van der Waals surface area contributed by atoms with Crippen molar-refractivity contribution in [2.45, 2.75) is 26.1 Å². The number of carbonyl (C=O) groups excluding carboxylic acids is 2. The van der Waals surface area contributed by atoms with Crippen molar-refractivity contribution in [3.63, 3.8) is 0 Å². The van der Waals surface area contributed by atoms with Crippen molar-refractivity contribution in [1.29, 1.82) is 0 Å². The molecule has 0 bridgehead atoms. The standard InChI is InChI=1S/C11H23N2O11P/c1-8(14)17-4-10(6-19-12)21-23-25(3,16)24-22-11(7-20-13)5-18-9(2)15/h10-11H,4-7,12-13H2,1-3H3. The number of ether oxygens (including phenoxy) is 2. The van der Waals surface area contributed by atoms with Crippen LogP contribution in [0.5, 0.6) is 0 Å². The first-order valence-electron chi connectivity index (χ1n) is 6.88. The van der Waals surface area contributed by atoms with E-state index in [1.807, 2.05) is 0 Å². The lowest BCUT2D eigenvalue weighted by Crippen LogP contribution is -2.29. The first-order valence-corrected chi connectivity index (χ1v) is 8.87. The maximum Gasteiger partial charge on any atom is 0.381 e. The molecule has 0 saturated carbocycles. The SMILES string of the molecule is CC(=O)OCC(CON)OOP(C)(=O)OOC(CON)COC(C)=O. The summed E-state index contributed by atoms with van der Waals surface area (Å²) in [5.41, 5.74) is 0. The predicted octanol–water partition coefficient (Wildman–Crippen LogP) is -0.650. The molecule has 0 radical (unpaired) electrons. The Morgan fingerprint density at radius 3 is 1.48 bits per heavy atom. The third kappa shape index (κ3) is 13.8. The number of nitrogens with two attached hydrogens (primary N) is 2. The summed E-state index contributed by atoms with van der Waals surface area (Å²) in [5, 5.41) is 0. The van der Waals surface area contributed by atoms with Crippen molar-refractivity contribution in [2.75, 3.05) is 33.1 Å². The average molecular weight is 390 g/mol. The molecule has 14 heteroatoms. The molecular weight excluding hydrogens is 367 g/mol. The Hall–Kier alpha value is -1.15. The highest BCUT2D eigenvalue weighted by Crippen LogP contribution is 2.45. The van der Waals surface area contributed by atoms with Gasteiger partial charge in [0.1, 0.15) is 26.4 Å². The summed E-state index contributed by atoms with van der Waals surface area (Å²) in [6.07, 6.45) is -1.93. The van der Waals surface area contributed by atoms with E-state index in [0.717, 1.165) is 6.66 Å². The fourth-order valence-corrected chi connectivity index (χ4v) is 1.71. The largest absolute Gasteiger partial charge is 0.463 e. The van der Waals surface area contributed by atoms with Crippen molar-refractivity contribution in [2.24, 2.45) is 11.8 Å². The molecule has 25 heavy (non-hydrogen) atoms.